The molecule has 1 amide bonds. The van der Waals surface area contributed by atoms with Crippen LogP contribution in [0.15, 0.2) is 29.6 Å². The number of ether oxygens (including phenoxy) is 1. The average molecular weight is 377 g/mol. The molecule has 0 bridgehead atoms. The number of phenolic OH excluding ortho intramolecular Hbond substituents is 1. The summed E-state index contributed by atoms with van der Waals surface area (Å²) in [5.74, 6) is -0.937. The molecule has 2 heterocycles. The molecule has 11 nitrogen and oxygen atoms in total. The van der Waals surface area contributed by atoms with Crippen LogP contribution >= 0.6 is 0 Å². The van der Waals surface area contributed by atoms with Gasteiger partial charge in [-0.3, -0.25) is 4.79 Å². The lowest BCUT2D eigenvalue weighted by molar-refractivity contribution is -0.0588. The summed E-state index contributed by atoms with van der Waals surface area (Å²) in [5.41, 5.74) is 3.57. The van der Waals surface area contributed by atoms with Gasteiger partial charge in [0.25, 0.3) is 0 Å². The summed E-state index contributed by atoms with van der Waals surface area (Å²) in [6, 6.07) is 4.95. The zero-order chi connectivity index (χ0) is 19.6. The van der Waals surface area contributed by atoms with E-state index in [1.165, 1.54) is 12.3 Å². The Hall–Kier alpha value is -2.86. The predicted molar refractivity (Wildman–Crippen MR) is 90.9 cm³/mol. The molecule has 144 valence electrons. The van der Waals surface area contributed by atoms with Crippen LogP contribution in [0.3, 0.4) is 0 Å². The molecule has 1 aliphatic rings. The summed E-state index contributed by atoms with van der Waals surface area (Å²) in [4.78, 5) is 15.9. The van der Waals surface area contributed by atoms with E-state index in [1.54, 1.807) is 12.1 Å². The molecular weight excluding hydrogens is 358 g/mol. The van der Waals surface area contributed by atoms with E-state index in [1.807, 2.05) is 6.92 Å². The van der Waals surface area contributed by atoms with Gasteiger partial charge in [0.2, 0.25) is 5.82 Å². The highest BCUT2D eigenvalue weighted by molar-refractivity contribution is 5.91. The summed E-state index contributed by atoms with van der Waals surface area (Å²) >= 11 is 0. The molecule has 0 radical (unpaired) electrons. The number of hydrazone groups is 1. The number of benzene rings is 1. The summed E-state index contributed by atoms with van der Waals surface area (Å²) in [6.45, 7) is 1.38. The fourth-order valence-electron chi connectivity index (χ4n) is 2.59. The first kappa shape index (κ1) is 18.9. The maximum absolute atomic E-state index is 12.1. The van der Waals surface area contributed by atoms with Crippen LogP contribution < -0.4 is 5.43 Å². The van der Waals surface area contributed by atoms with Crippen molar-refractivity contribution in [2.45, 2.75) is 31.5 Å². The number of aromatic nitrogens is 3. The Morgan fingerprint density at radius 1 is 1.41 bits per heavy atom. The van der Waals surface area contributed by atoms with Crippen molar-refractivity contribution >= 4 is 12.1 Å². The van der Waals surface area contributed by atoms with Crippen molar-refractivity contribution < 1.29 is 30.0 Å². The van der Waals surface area contributed by atoms with Crippen LogP contribution in [-0.2, 0) is 4.74 Å². The molecule has 5 N–H and O–H groups in total. The normalized spacial score (nSPS) is 25.2. The van der Waals surface area contributed by atoms with Crippen LogP contribution in [0.1, 0.15) is 28.0 Å². The predicted octanol–water partition coefficient (Wildman–Crippen LogP) is -1.33. The number of hydrogen-bond acceptors (Lipinski definition) is 9. The second-order valence-corrected chi connectivity index (χ2v) is 6.04. The largest absolute Gasteiger partial charge is 0.507 e. The number of nitrogens with zero attached hydrogens (tertiary/aromatic N) is 4. The third-order valence-corrected chi connectivity index (χ3v) is 4.04. The highest BCUT2D eigenvalue weighted by Gasteiger charge is 2.44. The van der Waals surface area contributed by atoms with E-state index < -0.39 is 37.1 Å². The van der Waals surface area contributed by atoms with Gasteiger partial charge in [-0.2, -0.15) is 5.10 Å². The second kappa shape index (κ2) is 7.80. The molecule has 4 atom stereocenters. The molecule has 27 heavy (non-hydrogen) atoms. The molecule has 0 aliphatic carbocycles. The molecule has 2 aromatic rings. The minimum absolute atomic E-state index is 0.0189. The number of carbonyl (C=O) groups is 1. The lowest BCUT2D eigenvalue weighted by Crippen LogP contribution is -2.33. The van der Waals surface area contributed by atoms with Crippen LogP contribution in [0.2, 0.25) is 0 Å². The molecule has 3 rings (SSSR count). The maximum atomic E-state index is 12.1. The molecule has 0 saturated carbocycles. The summed E-state index contributed by atoms with van der Waals surface area (Å²) in [5, 5.41) is 46.2. The Morgan fingerprint density at radius 2 is 2.19 bits per heavy atom. The Bertz CT molecular complexity index is 854. The van der Waals surface area contributed by atoms with Gasteiger partial charge in [-0.25, -0.2) is 15.1 Å². The van der Waals surface area contributed by atoms with Crippen molar-refractivity contribution in [2.24, 2.45) is 5.10 Å². The fraction of sp³-hybridized carbons (Fsp3) is 0.375. The van der Waals surface area contributed by atoms with Gasteiger partial charge in [0.05, 0.1) is 12.8 Å². The number of aliphatic hydroxyl groups is 3. The number of hydrogen-bond donors (Lipinski definition) is 5. The standard InChI is InChI=1S/C16H19N5O6/c1-8-2-3-10(23)9(4-8)5-18-19-15(26)14-17-7-21(20-14)16-13(25)12(24)11(6-22)27-16/h2-5,7,11-13,16,22-25H,6H2,1H3,(H,19,26)/b18-5+/t11-,12-,13-,16-/m1/s1. The van der Waals surface area contributed by atoms with Gasteiger partial charge < -0.3 is 25.2 Å². The monoisotopic (exact) mass is 377 g/mol. The molecule has 1 saturated heterocycles. The lowest BCUT2D eigenvalue weighted by Gasteiger charge is -2.13. The summed E-state index contributed by atoms with van der Waals surface area (Å²) in [6.07, 6.45) is -2.22. The molecule has 11 heteroatoms. The highest BCUT2D eigenvalue weighted by Crippen LogP contribution is 2.28. The smallest absolute Gasteiger partial charge is 0.310 e. The maximum Gasteiger partial charge on any atom is 0.310 e. The van der Waals surface area contributed by atoms with Gasteiger partial charge in [0, 0.05) is 5.56 Å². The van der Waals surface area contributed by atoms with Crippen LogP contribution in [0.5, 0.6) is 5.75 Å². The lowest BCUT2D eigenvalue weighted by atomic mass is 10.1. The van der Waals surface area contributed by atoms with Crippen molar-refractivity contribution in [3.05, 3.63) is 41.5 Å². The van der Waals surface area contributed by atoms with E-state index >= 15 is 0 Å². The van der Waals surface area contributed by atoms with Crippen molar-refractivity contribution in [1.29, 1.82) is 0 Å². The zero-order valence-corrected chi connectivity index (χ0v) is 14.3. The number of phenols is 1. The molecule has 1 aliphatic heterocycles. The number of nitrogens with one attached hydrogen (secondary N) is 1. The quantitative estimate of drug-likeness (QED) is 0.316. The molecule has 1 aromatic carbocycles. The zero-order valence-electron chi connectivity index (χ0n) is 14.3. The van der Waals surface area contributed by atoms with Crippen molar-refractivity contribution in [3.8, 4) is 5.75 Å². The minimum atomic E-state index is -1.33. The van der Waals surface area contributed by atoms with E-state index in [-0.39, 0.29) is 11.6 Å². The number of aliphatic hydroxyl groups excluding tert-OH is 3. The van der Waals surface area contributed by atoms with Crippen LogP contribution in [0, 0.1) is 6.92 Å². The number of amides is 1. The van der Waals surface area contributed by atoms with E-state index in [4.69, 9.17) is 9.84 Å². The Morgan fingerprint density at radius 3 is 2.89 bits per heavy atom. The molecule has 0 spiro atoms. The van der Waals surface area contributed by atoms with Crippen molar-refractivity contribution in [2.75, 3.05) is 6.61 Å². The Kier molecular flexibility index (Phi) is 5.46. The Labute approximate surface area is 153 Å². The van der Waals surface area contributed by atoms with E-state index in [9.17, 15) is 20.1 Å². The first-order valence-corrected chi connectivity index (χ1v) is 8.07. The molecular formula is C16H19N5O6. The van der Waals surface area contributed by atoms with Gasteiger partial charge in [-0.1, -0.05) is 11.6 Å². The number of carbonyl (C=O) groups excluding carboxylic acids is 1. The number of aryl methyl sites for hydroxylation is 1. The van der Waals surface area contributed by atoms with Crippen molar-refractivity contribution in [1.82, 2.24) is 20.2 Å². The third-order valence-electron chi connectivity index (χ3n) is 4.04. The first-order valence-electron chi connectivity index (χ1n) is 8.07. The molecule has 0 unspecified atom stereocenters. The van der Waals surface area contributed by atoms with Gasteiger partial charge in [-0.15, -0.1) is 5.10 Å². The Balaban J connectivity index is 1.65. The van der Waals surface area contributed by atoms with Gasteiger partial charge in [-0.05, 0) is 19.1 Å². The SMILES string of the molecule is Cc1ccc(O)c(/C=N/NC(=O)c2ncn([C@@H]3O[C@H](CO)[C@@H](O)[C@H]3O)n2)c1. The van der Waals surface area contributed by atoms with E-state index in [2.05, 4.69) is 20.6 Å². The van der Waals surface area contributed by atoms with Crippen LogP contribution in [0.25, 0.3) is 0 Å². The first-order chi connectivity index (χ1) is 12.9. The van der Waals surface area contributed by atoms with E-state index in [0.717, 1.165) is 16.6 Å². The fourth-order valence-corrected chi connectivity index (χ4v) is 2.59. The average Bonchev–Trinajstić information content (AvgIpc) is 3.24. The van der Waals surface area contributed by atoms with Gasteiger partial charge in [0.1, 0.15) is 30.4 Å². The van der Waals surface area contributed by atoms with Gasteiger partial charge in [0.15, 0.2) is 6.23 Å². The summed E-state index contributed by atoms with van der Waals surface area (Å²) in [7, 11) is 0. The highest BCUT2D eigenvalue weighted by atomic mass is 16.6. The minimum Gasteiger partial charge on any atom is -0.507 e. The van der Waals surface area contributed by atoms with Crippen molar-refractivity contribution in [3.63, 3.8) is 0 Å². The summed E-state index contributed by atoms with van der Waals surface area (Å²) < 4.78 is 6.38. The number of aromatic hydroxyl groups is 1. The van der Waals surface area contributed by atoms with Crippen LogP contribution in [-0.4, -0.2) is 72.2 Å². The van der Waals surface area contributed by atoms with E-state index in [0.29, 0.717) is 5.56 Å². The van der Waals surface area contributed by atoms with Crippen LogP contribution in [0.4, 0.5) is 0 Å². The molecule has 1 fully saturated rings. The van der Waals surface area contributed by atoms with Gasteiger partial charge >= 0.3 is 5.91 Å². The third kappa shape index (κ3) is 3.95. The molecule has 1 aromatic heterocycles. The number of rotatable bonds is 5. The topological polar surface area (TPSA) is 162 Å². The second-order valence-electron chi connectivity index (χ2n) is 6.04.